The Morgan fingerprint density at radius 1 is 1.07 bits per heavy atom. The Morgan fingerprint density at radius 2 is 1.79 bits per heavy atom. The monoisotopic (exact) mass is 371 g/mol. The second kappa shape index (κ2) is 8.96. The van der Waals surface area contributed by atoms with E-state index in [-0.39, 0.29) is 5.56 Å². The lowest BCUT2D eigenvalue weighted by Crippen LogP contribution is -2.14. The lowest BCUT2D eigenvalue weighted by atomic mass is 10.1. The number of hydrogen-bond donors (Lipinski definition) is 2. The summed E-state index contributed by atoms with van der Waals surface area (Å²) in [6.45, 7) is 0. The Labute approximate surface area is 161 Å². The lowest BCUT2D eigenvalue weighted by molar-refractivity contribution is 0.415. The molecule has 0 bridgehead atoms. The van der Waals surface area contributed by atoms with Crippen LogP contribution in [0.5, 0.6) is 5.75 Å². The molecule has 0 aliphatic heterocycles. The molecule has 0 saturated heterocycles. The lowest BCUT2D eigenvalue weighted by Gasteiger charge is -2.10. The fourth-order valence-electron chi connectivity index (χ4n) is 2.44. The van der Waals surface area contributed by atoms with Crippen molar-refractivity contribution in [1.82, 2.24) is 4.98 Å². The van der Waals surface area contributed by atoms with Crippen molar-refractivity contribution in [3.05, 3.63) is 87.8 Å². The van der Waals surface area contributed by atoms with Crippen LogP contribution in [-0.2, 0) is 0 Å². The van der Waals surface area contributed by atoms with Gasteiger partial charge in [-0.1, -0.05) is 18.2 Å². The van der Waals surface area contributed by atoms with Crippen molar-refractivity contribution in [2.45, 2.75) is 0 Å². The number of methoxy groups -OCH3 is 1. The maximum Gasteiger partial charge on any atom is 0.268 e. The fourth-order valence-corrected chi connectivity index (χ4v) is 2.44. The van der Waals surface area contributed by atoms with Crippen LogP contribution in [0.4, 0.5) is 11.4 Å². The van der Waals surface area contributed by atoms with Crippen LogP contribution in [0.2, 0.25) is 0 Å². The van der Waals surface area contributed by atoms with E-state index in [0.29, 0.717) is 11.3 Å². The van der Waals surface area contributed by atoms with Crippen LogP contribution >= 0.6 is 0 Å². The van der Waals surface area contributed by atoms with Gasteiger partial charge < -0.3 is 15.0 Å². The zero-order valence-electron chi connectivity index (χ0n) is 15.1. The summed E-state index contributed by atoms with van der Waals surface area (Å²) in [6, 6.07) is 18.6. The maximum atomic E-state index is 12.0. The van der Waals surface area contributed by atoms with Crippen molar-refractivity contribution in [1.29, 1.82) is 5.26 Å². The second-order valence-corrected chi connectivity index (χ2v) is 5.69. The van der Waals surface area contributed by atoms with E-state index >= 15 is 0 Å². The summed E-state index contributed by atoms with van der Waals surface area (Å²) < 4.78 is 5.11. The van der Waals surface area contributed by atoms with E-state index in [9.17, 15) is 10.1 Å². The van der Waals surface area contributed by atoms with E-state index in [4.69, 9.17) is 4.74 Å². The molecule has 0 aliphatic rings. The Morgan fingerprint density at radius 3 is 2.46 bits per heavy atom. The molecule has 0 fully saturated rings. The number of hydrogen-bond acceptors (Lipinski definition) is 6. The highest BCUT2D eigenvalue weighted by molar-refractivity contribution is 5.91. The number of rotatable bonds is 6. The number of nitrogens with one attached hydrogen (secondary N) is 2. The minimum atomic E-state index is -0.472. The van der Waals surface area contributed by atoms with Gasteiger partial charge in [0, 0.05) is 17.4 Å². The number of aromatic amines is 1. The number of H-pyrrole nitrogens is 1. The molecule has 7 nitrogen and oxygen atoms in total. The van der Waals surface area contributed by atoms with Crippen LogP contribution in [-0.4, -0.2) is 24.5 Å². The molecule has 28 heavy (non-hydrogen) atoms. The van der Waals surface area contributed by atoms with Gasteiger partial charge in [0.2, 0.25) is 0 Å². The first-order chi connectivity index (χ1) is 13.7. The number of benzene rings is 2. The summed E-state index contributed by atoms with van der Waals surface area (Å²) in [4.78, 5) is 14.5. The molecule has 2 aromatic carbocycles. The summed E-state index contributed by atoms with van der Waals surface area (Å²) in [5, 5.41) is 20.5. The zero-order chi connectivity index (χ0) is 19.8. The van der Waals surface area contributed by atoms with Crippen molar-refractivity contribution in [2.75, 3.05) is 12.4 Å². The highest BCUT2D eigenvalue weighted by Crippen LogP contribution is 2.21. The molecule has 3 rings (SSSR count). The van der Waals surface area contributed by atoms with E-state index in [2.05, 4.69) is 20.5 Å². The molecule has 0 aliphatic carbocycles. The number of anilines is 2. The van der Waals surface area contributed by atoms with Crippen molar-refractivity contribution in [3.8, 4) is 11.8 Å². The van der Waals surface area contributed by atoms with Gasteiger partial charge in [-0.3, -0.25) is 4.79 Å². The minimum absolute atomic E-state index is 0.0214. The van der Waals surface area contributed by atoms with Crippen molar-refractivity contribution < 1.29 is 4.74 Å². The number of pyridine rings is 1. The van der Waals surface area contributed by atoms with Gasteiger partial charge in [-0.05, 0) is 42.0 Å². The third kappa shape index (κ3) is 4.51. The quantitative estimate of drug-likeness (QED) is 0.512. The summed E-state index contributed by atoms with van der Waals surface area (Å²) in [6.07, 6.45) is 4.56. The van der Waals surface area contributed by atoms with Crippen molar-refractivity contribution in [3.63, 3.8) is 0 Å². The zero-order valence-corrected chi connectivity index (χ0v) is 15.1. The summed E-state index contributed by atoms with van der Waals surface area (Å²) in [7, 11) is 1.61. The first kappa shape index (κ1) is 18.6. The van der Waals surface area contributed by atoms with Crippen molar-refractivity contribution >= 4 is 23.8 Å². The molecular weight excluding hydrogens is 354 g/mol. The molecule has 0 unspecified atom stereocenters. The molecule has 0 saturated carbocycles. The molecular formula is C21H17N5O2. The number of aromatic nitrogens is 1. The number of nitrogens with zero attached hydrogens (tertiary/aromatic N) is 3. The van der Waals surface area contributed by atoms with Crippen LogP contribution in [0, 0.1) is 11.3 Å². The molecule has 1 heterocycles. The predicted octanol–water partition coefficient (Wildman–Crippen LogP) is 3.45. The molecule has 138 valence electrons. The molecule has 0 amide bonds. The number of para-hydroxylation sites is 1. The Hall–Kier alpha value is -4.18. The third-order valence-electron chi connectivity index (χ3n) is 3.87. The fraction of sp³-hybridized carbons (Fsp3) is 0.0476. The van der Waals surface area contributed by atoms with Gasteiger partial charge in [-0.2, -0.15) is 15.5 Å². The Kier molecular flexibility index (Phi) is 5.95. The molecule has 2 N–H and O–H groups in total. The van der Waals surface area contributed by atoms with E-state index in [1.807, 2.05) is 60.7 Å². The first-order valence-corrected chi connectivity index (χ1v) is 8.39. The minimum Gasteiger partial charge on any atom is -0.497 e. The van der Waals surface area contributed by atoms with Crippen LogP contribution in [0.1, 0.15) is 16.7 Å². The Balaban J connectivity index is 1.86. The van der Waals surface area contributed by atoms with Crippen molar-refractivity contribution in [2.24, 2.45) is 10.2 Å². The highest BCUT2D eigenvalue weighted by Gasteiger charge is 2.11. The third-order valence-corrected chi connectivity index (χ3v) is 3.87. The van der Waals surface area contributed by atoms with E-state index in [1.165, 1.54) is 12.4 Å². The summed E-state index contributed by atoms with van der Waals surface area (Å²) in [5.74, 6) is 0.759. The van der Waals surface area contributed by atoms with Gasteiger partial charge in [-0.15, -0.1) is 0 Å². The molecule has 3 aromatic rings. The van der Waals surface area contributed by atoms with Gasteiger partial charge in [0.1, 0.15) is 17.4 Å². The topological polar surface area (TPSA) is 103 Å². The maximum absolute atomic E-state index is 12.0. The predicted molar refractivity (Wildman–Crippen MR) is 110 cm³/mol. The van der Waals surface area contributed by atoms with Gasteiger partial charge in [0.15, 0.2) is 0 Å². The second-order valence-electron chi connectivity index (χ2n) is 5.69. The highest BCUT2D eigenvalue weighted by atomic mass is 16.5. The summed E-state index contributed by atoms with van der Waals surface area (Å²) in [5.41, 5.74) is 2.03. The average Bonchev–Trinajstić information content (AvgIpc) is 2.74. The smallest absolute Gasteiger partial charge is 0.268 e. The van der Waals surface area contributed by atoms with Crippen LogP contribution in [0.25, 0.3) is 0 Å². The summed E-state index contributed by atoms with van der Waals surface area (Å²) >= 11 is 0. The molecule has 0 spiro atoms. The van der Waals surface area contributed by atoms with Gasteiger partial charge in [0.25, 0.3) is 5.56 Å². The molecule has 0 radical (unpaired) electrons. The Bertz CT molecular complexity index is 1090. The number of nitriles is 1. The normalized spacial score (nSPS) is 10.9. The number of ether oxygens (including phenoxy) is 1. The first-order valence-electron chi connectivity index (χ1n) is 8.39. The molecule has 7 heteroatoms. The van der Waals surface area contributed by atoms with Gasteiger partial charge in [0.05, 0.1) is 25.2 Å². The van der Waals surface area contributed by atoms with Crippen LogP contribution in [0.15, 0.2) is 75.8 Å². The largest absolute Gasteiger partial charge is 0.497 e. The van der Waals surface area contributed by atoms with Gasteiger partial charge >= 0.3 is 0 Å². The average molecular weight is 371 g/mol. The van der Waals surface area contributed by atoms with Gasteiger partial charge in [-0.25, -0.2) is 0 Å². The standard InChI is InChI=1S/C21H17N5O2/c1-28-18-9-7-15(8-10-18)12-24-25-14-16-13-23-21(27)19(11-22)20(16)26-17-5-3-2-4-6-17/h2-10,12-14H,1H3,(H2,23,26,27)/b24-12-,25-14-. The molecule has 0 atom stereocenters. The van der Waals surface area contributed by atoms with Crippen LogP contribution in [0.3, 0.4) is 0 Å². The van der Waals surface area contributed by atoms with E-state index in [1.54, 1.807) is 13.3 Å². The molecule has 1 aromatic heterocycles. The van der Waals surface area contributed by atoms with Crippen LogP contribution < -0.4 is 15.6 Å². The SMILES string of the molecule is COc1ccc(/C=N\N=C/c2c[nH]c(=O)c(C#N)c2Nc2ccccc2)cc1. The van der Waals surface area contributed by atoms with E-state index < -0.39 is 5.56 Å². The van der Waals surface area contributed by atoms with E-state index in [0.717, 1.165) is 17.0 Å².